The summed E-state index contributed by atoms with van der Waals surface area (Å²) in [6.45, 7) is 4.48. The van der Waals surface area contributed by atoms with Crippen LogP contribution in [-0.2, 0) is 9.53 Å². The van der Waals surface area contributed by atoms with Gasteiger partial charge in [0, 0.05) is 11.6 Å². The van der Waals surface area contributed by atoms with Crippen LogP contribution in [0.4, 0.5) is 0 Å². The van der Waals surface area contributed by atoms with Gasteiger partial charge in [0.05, 0.1) is 18.6 Å². The van der Waals surface area contributed by atoms with Gasteiger partial charge in [-0.3, -0.25) is 4.79 Å². The molecule has 1 fully saturated rings. The molecule has 1 saturated heterocycles. The van der Waals surface area contributed by atoms with Crippen molar-refractivity contribution in [2.24, 2.45) is 5.92 Å². The Kier molecular flexibility index (Phi) is 6.03. The molecular formula is C16H22ClNO3. The first-order chi connectivity index (χ1) is 10.1. The van der Waals surface area contributed by atoms with Gasteiger partial charge >= 0.3 is 5.97 Å². The van der Waals surface area contributed by atoms with Crippen molar-refractivity contribution in [3.05, 3.63) is 34.9 Å². The van der Waals surface area contributed by atoms with Gasteiger partial charge in [-0.25, -0.2) is 0 Å². The SMILES string of the molecule is CCOC(=O)C1CCN(C[C@H](O)c2ccc(Cl)cc2)CC1. The number of halogens is 1. The van der Waals surface area contributed by atoms with Gasteiger partial charge in [0.1, 0.15) is 0 Å². The zero-order valence-electron chi connectivity index (χ0n) is 12.3. The average Bonchev–Trinajstić information content (AvgIpc) is 2.49. The van der Waals surface area contributed by atoms with Crippen molar-refractivity contribution in [3.63, 3.8) is 0 Å². The number of hydrogen-bond acceptors (Lipinski definition) is 4. The molecule has 1 aliphatic rings. The van der Waals surface area contributed by atoms with Gasteiger partial charge in [0.2, 0.25) is 0 Å². The predicted octanol–water partition coefficient (Wildman–Crippen LogP) is 2.65. The Balaban J connectivity index is 1.80. The Hall–Kier alpha value is -1.10. The van der Waals surface area contributed by atoms with Crippen molar-refractivity contribution in [1.82, 2.24) is 4.90 Å². The molecular weight excluding hydrogens is 290 g/mol. The molecule has 0 aromatic heterocycles. The van der Waals surface area contributed by atoms with Crippen LogP contribution in [0.1, 0.15) is 31.4 Å². The number of esters is 1. The quantitative estimate of drug-likeness (QED) is 0.849. The lowest BCUT2D eigenvalue weighted by Gasteiger charge is -2.32. The fourth-order valence-corrected chi connectivity index (χ4v) is 2.77. The summed E-state index contributed by atoms with van der Waals surface area (Å²) in [6, 6.07) is 7.26. The number of aliphatic hydroxyl groups is 1. The van der Waals surface area contributed by atoms with Crippen molar-refractivity contribution in [2.45, 2.75) is 25.9 Å². The topological polar surface area (TPSA) is 49.8 Å². The van der Waals surface area contributed by atoms with Gasteiger partial charge in [0.15, 0.2) is 0 Å². The number of ether oxygens (including phenoxy) is 1. The Morgan fingerprint density at radius 1 is 1.38 bits per heavy atom. The lowest BCUT2D eigenvalue weighted by Crippen LogP contribution is -2.39. The fourth-order valence-electron chi connectivity index (χ4n) is 2.65. The van der Waals surface area contributed by atoms with Crippen molar-refractivity contribution >= 4 is 17.6 Å². The molecule has 0 bridgehead atoms. The van der Waals surface area contributed by atoms with Crippen molar-refractivity contribution in [3.8, 4) is 0 Å². The molecule has 1 N–H and O–H groups in total. The minimum atomic E-state index is -0.526. The molecule has 1 aromatic rings. The highest BCUT2D eigenvalue weighted by molar-refractivity contribution is 6.30. The molecule has 5 heteroatoms. The molecule has 0 saturated carbocycles. The van der Waals surface area contributed by atoms with Crippen LogP contribution in [0.5, 0.6) is 0 Å². The predicted molar refractivity (Wildman–Crippen MR) is 82.2 cm³/mol. The highest BCUT2D eigenvalue weighted by Crippen LogP contribution is 2.22. The van der Waals surface area contributed by atoms with E-state index in [4.69, 9.17) is 16.3 Å². The Labute approximate surface area is 130 Å². The van der Waals surface area contributed by atoms with Crippen LogP contribution in [-0.4, -0.2) is 42.2 Å². The second-order valence-electron chi connectivity index (χ2n) is 5.39. The van der Waals surface area contributed by atoms with Gasteiger partial charge < -0.3 is 14.7 Å². The van der Waals surface area contributed by atoms with E-state index >= 15 is 0 Å². The van der Waals surface area contributed by atoms with Crippen LogP contribution in [0.2, 0.25) is 5.02 Å². The summed E-state index contributed by atoms with van der Waals surface area (Å²) in [4.78, 5) is 13.9. The summed E-state index contributed by atoms with van der Waals surface area (Å²) in [7, 11) is 0. The smallest absolute Gasteiger partial charge is 0.309 e. The number of β-amino-alcohol motifs (C(OH)–C–C–N with tert-alkyl or cyclic N) is 1. The van der Waals surface area contributed by atoms with E-state index in [2.05, 4.69) is 4.90 Å². The number of piperidine rings is 1. The number of hydrogen-bond donors (Lipinski definition) is 1. The van der Waals surface area contributed by atoms with E-state index in [-0.39, 0.29) is 11.9 Å². The van der Waals surface area contributed by atoms with Crippen LogP contribution < -0.4 is 0 Å². The number of nitrogens with zero attached hydrogens (tertiary/aromatic N) is 1. The van der Waals surface area contributed by atoms with Crippen LogP contribution in [0.25, 0.3) is 0 Å². The van der Waals surface area contributed by atoms with Gasteiger partial charge in [-0.15, -0.1) is 0 Å². The summed E-state index contributed by atoms with van der Waals surface area (Å²) in [5.41, 5.74) is 0.868. The van der Waals surface area contributed by atoms with Crippen LogP contribution in [0, 0.1) is 5.92 Å². The van der Waals surface area contributed by atoms with Crippen LogP contribution >= 0.6 is 11.6 Å². The summed E-state index contributed by atoms with van der Waals surface area (Å²) < 4.78 is 5.06. The van der Waals surface area contributed by atoms with E-state index in [1.165, 1.54) is 0 Å². The lowest BCUT2D eigenvalue weighted by atomic mass is 9.96. The highest BCUT2D eigenvalue weighted by Gasteiger charge is 2.26. The summed E-state index contributed by atoms with van der Waals surface area (Å²) in [6.07, 6.45) is 1.07. The molecule has 0 aliphatic carbocycles. The Bertz CT molecular complexity index is 455. The van der Waals surface area contributed by atoms with Crippen molar-refractivity contribution < 1.29 is 14.6 Å². The zero-order valence-corrected chi connectivity index (χ0v) is 13.1. The molecule has 1 heterocycles. The van der Waals surface area contributed by atoms with Gasteiger partial charge in [-0.1, -0.05) is 23.7 Å². The van der Waals surface area contributed by atoms with E-state index in [9.17, 15) is 9.90 Å². The Morgan fingerprint density at radius 3 is 2.57 bits per heavy atom. The van der Waals surface area contributed by atoms with Crippen molar-refractivity contribution in [2.75, 3.05) is 26.2 Å². The molecule has 0 unspecified atom stereocenters. The fraction of sp³-hybridized carbons (Fsp3) is 0.562. The number of benzene rings is 1. The Morgan fingerprint density at radius 2 is 2.00 bits per heavy atom. The van der Waals surface area contributed by atoms with Crippen molar-refractivity contribution in [1.29, 1.82) is 0 Å². The molecule has 1 aromatic carbocycles. The van der Waals surface area contributed by atoms with Gasteiger partial charge in [-0.05, 0) is 50.6 Å². The van der Waals surface area contributed by atoms with E-state index in [1.807, 2.05) is 19.1 Å². The van der Waals surface area contributed by atoms with E-state index < -0.39 is 6.10 Å². The molecule has 21 heavy (non-hydrogen) atoms. The third kappa shape index (κ3) is 4.70. The first-order valence-corrected chi connectivity index (χ1v) is 7.80. The van der Waals surface area contributed by atoms with Crippen LogP contribution in [0.15, 0.2) is 24.3 Å². The number of rotatable bonds is 5. The van der Waals surface area contributed by atoms with Crippen LogP contribution in [0.3, 0.4) is 0 Å². The minimum Gasteiger partial charge on any atom is -0.466 e. The maximum absolute atomic E-state index is 11.7. The van der Waals surface area contributed by atoms with E-state index in [1.54, 1.807) is 12.1 Å². The standard InChI is InChI=1S/C16H22ClNO3/c1-2-21-16(20)13-7-9-18(10-8-13)11-15(19)12-3-5-14(17)6-4-12/h3-6,13,15,19H,2,7-11H2,1H3/t15-/m0/s1. The normalized spacial score (nSPS) is 18.4. The monoisotopic (exact) mass is 311 g/mol. The van der Waals surface area contributed by atoms with E-state index in [0.29, 0.717) is 18.2 Å². The third-order valence-corrected chi connectivity index (χ3v) is 4.15. The molecule has 0 amide bonds. The average molecular weight is 312 g/mol. The molecule has 1 atom stereocenters. The molecule has 0 spiro atoms. The summed E-state index contributed by atoms with van der Waals surface area (Å²) in [5.74, 6) is -0.0794. The summed E-state index contributed by atoms with van der Waals surface area (Å²) in [5, 5.41) is 10.9. The molecule has 116 valence electrons. The summed E-state index contributed by atoms with van der Waals surface area (Å²) >= 11 is 5.84. The maximum Gasteiger partial charge on any atom is 0.309 e. The molecule has 4 nitrogen and oxygen atoms in total. The zero-order chi connectivity index (χ0) is 15.2. The third-order valence-electron chi connectivity index (χ3n) is 3.89. The number of carbonyl (C=O) groups excluding carboxylic acids is 1. The van der Waals surface area contributed by atoms with Gasteiger partial charge in [-0.2, -0.15) is 0 Å². The lowest BCUT2D eigenvalue weighted by molar-refractivity contribution is -0.149. The minimum absolute atomic E-state index is 0.00822. The second kappa shape index (κ2) is 7.78. The highest BCUT2D eigenvalue weighted by atomic mass is 35.5. The van der Waals surface area contributed by atoms with Gasteiger partial charge in [0.25, 0.3) is 0 Å². The number of aliphatic hydroxyl groups excluding tert-OH is 1. The number of likely N-dealkylation sites (tertiary alicyclic amines) is 1. The van der Waals surface area contributed by atoms with E-state index in [0.717, 1.165) is 31.5 Å². The maximum atomic E-state index is 11.7. The largest absolute Gasteiger partial charge is 0.466 e. The molecule has 1 aliphatic heterocycles. The molecule has 0 radical (unpaired) electrons. The molecule has 2 rings (SSSR count). The first kappa shape index (κ1) is 16.3. The number of carbonyl (C=O) groups is 1. The first-order valence-electron chi connectivity index (χ1n) is 7.42. The second-order valence-corrected chi connectivity index (χ2v) is 5.83.